The second kappa shape index (κ2) is 24.9. The third kappa shape index (κ3) is 20.9. The maximum Gasteiger partial charge on any atom is 0.372 e. The van der Waals surface area contributed by atoms with E-state index in [2.05, 4.69) is 11.5 Å². The Balaban J connectivity index is 0.000000200. The van der Waals surface area contributed by atoms with E-state index in [0.717, 1.165) is 21.4 Å². The van der Waals surface area contributed by atoms with E-state index in [-0.39, 0.29) is 23.0 Å². The number of quaternary nitrogens is 2. The lowest BCUT2D eigenvalue weighted by atomic mass is 10.3. The van der Waals surface area contributed by atoms with Crippen LogP contribution in [0.5, 0.6) is 23.0 Å². The van der Waals surface area contributed by atoms with Crippen molar-refractivity contribution in [1.82, 2.24) is 0 Å². The van der Waals surface area contributed by atoms with Crippen LogP contribution in [-0.2, 0) is 9.13 Å². The maximum atomic E-state index is 11.6. The third-order valence-corrected chi connectivity index (χ3v) is 8.49. The molecule has 0 fully saturated rings. The monoisotopic (exact) mass is 832 g/mol. The predicted molar refractivity (Wildman–Crippen MR) is 218 cm³/mol. The first-order valence-corrected chi connectivity index (χ1v) is 20.3. The van der Waals surface area contributed by atoms with E-state index in [9.17, 15) is 18.9 Å². The summed E-state index contributed by atoms with van der Waals surface area (Å²) in [6, 6.07) is 59.7. The molecule has 290 valence electrons. The Morgan fingerprint density at radius 2 is 0.571 bits per heavy atom. The number of benzene rings is 7. The SMILES string of the molecule is O=P([O-])(Oc1ccccc1)Oc1ccccc1.O=P([O-])(Oc1ccccc1)Oc1ccccc1.[NH3+]c1cccc(Cl)c1.[NH3+]c1cccc(Cl)c1.c1ccccc1. The zero-order chi connectivity index (χ0) is 40.5. The van der Waals surface area contributed by atoms with Crippen LogP contribution in [0.4, 0.5) is 11.4 Å². The number of phosphoric acid groups is 2. The quantitative estimate of drug-likeness (QED) is 0.143. The van der Waals surface area contributed by atoms with E-state index < -0.39 is 15.6 Å². The van der Waals surface area contributed by atoms with Crippen molar-refractivity contribution in [2.24, 2.45) is 0 Å². The van der Waals surface area contributed by atoms with E-state index in [1.165, 1.54) is 0 Å². The molecule has 0 heterocycles. The molecule has 14 heteroatoms. The molecule has 7 aromatic rings. The molecule has 0 spiro atoms. The molecule has 0 saturated carbocycles. The fourth-order valence-electron chi connectivity index (χ4n) is 3.94. The summed E-state index contributed by atoms with van der Waals surface area (Å²) in [6.07, 6.45) is 0. The molecule has 0 aliphatic rings. The molecule has 7 aromatic carbocycles. The second-order valence-corrected chi connectivity index (χ2v) is 14.3. The topological polar surface area (TPSA) is 172 Å². The second-order valence-electron chi connectivity index (χ2n) is 10.9. The van der Waals surface area contributed by atoms with Gasteiger partial charge in [0, 0.05) is 22.2 Å². The van der Waals surface area contributed by atoms with Crippen LogP contribution < -0.4 is 39.3 Å². The number of para-hydroxylation sites is 4. The Morgan fingerprint density at radius 1 is 0.357 bits per heavy atom. The van der Waals surface area contributed by atoms with Gasteiger partial charge in [-0.25, -0.2) is 9.13 Å². The van der Waals surface area contributed by atoms with Crippen molar-refractivity contribution in [3.8, 4) is 23.0 Å². The van der Waals surface area contributed by atoms with Gasteiger partial charge >= 0.3 is 15.6 Å². The smallest absolute Gasteiger partial charge is 0.372 e. The highest BCUT2D eigenvalue weighted by molar-refractivity contribution is 7.47. The Bertz CT molecular complexity index is 1900. The Kier molecular flexibility index (Phi) is 20.0. The minimum Gasteiger partial charge on any atom is -0.736 e. The molecular formula is C42H40Cl2N2O8P2. The molecule has 10 nitrogen and oxygen atoms in total. The molecule has 0 amide bonds. The summed E-state index contributed by atoms with van der Waals surface area (Å²) in [4.78, 5) is 23.1. The van der Waals surface area contributed by atoms with Crippen LogP contribution in [-0.4, -0.2) is 0 Å². The lowest BCUT2D eigenvalue weighted by molar-refractivity contribution is -0.255. The van der Waals surface area contributed by atoms with Gasteiger partial charge in [0.2, 0.25) is 0 Å². The van der Waals surface area contributed by atoms with Crippen LogP contribution in [0, 0.1) is 0 Å². The van der Waals surface area contributed by atoms with Crippen molar-refractivity contribution in [1.29, 1.82) is 0 Å². The van der Waals surface area contributed by atoms with Crippen molar-refractivity contribution >= 4 is 50.2 Å². The van der Waals surface area contributed by atoms with E-state index in [4.69, 9.17) is 41.3 Å². The molecule has 0 bridgehead atoms. The summed E-state index contributed by atoms with van der Waals surface area (Å²) in [5.74, 6) is 0.895. The number of rotatable bonds is 8. The highest BCUT2D eigenvalue weighted by atomic mass is 35.5. The van der Waals surface area contributed by atoms with Crippen LogP contribution in [0.1, 0.15) is 0 Å². The average Bonchev–Trinajstić information content (AvgIpc) is 3.17. The third-order valence-electron chi connectivity index (χ3n) is 6.29. The molecule has 0 radical (unpaired) electrons. The average molecular weight is 834 g/mol. The van der Waals surface area contributed by atoms with E-state index >= 15 is 0 Å². The van der Waals surface area contributed by atoms with E-state index in [1.54, 1.807) is 121 Å². The van der Waals surface area contributed by atoms with Gasteiger partial charge in [-0.15, -0.1) is 0 Å². The van der Waals surface area contributed by atoms with Crippen LogP contribution >= 0.6 is 38.8 Å². The van der Waals surface area contributed by atoms with Crippen molar-refractivity contribution in [2.45, 2.75) is 0 Å². The van der Waals surface area contributed by atoms with Gasteiger partial charge in [-0.05, 0) is 72.8 Å². The summed E-state index contributed by atoms with van der Waals surface area (Å²) in [7, 11) is -8.77. The highest BCUT2D eigenvalue weighted by Gasteiger charge is 2.13. The minimum absolute atomic E-state index is 0.224. The number of hydrogen-bond acceptors (Lipinski definition) is 8. The van der Waals surface area contributed by atoms with Crippen LogP contribution in [0.15, 0.2) is 206 Å². The Hall–Kier alpha value is -5.38. The Morgan fingerprint density at radius 3 is 0.750 bits per heavy atom. The first-order valence-electron chi connectivity index (χ1n) is 16.6. The summed E-state index contributed by atoms with van der Waals surface area (Å²) < 4.78 is 42.2. The lowest BCUT2D eigenvalue weighted by Gasteiger charge is -2.23. The first kappa shape index (κ1) is 45.0. The van der Waals surface area contributed by atoms with E-state index in [0.29, 0.717) is 0 Å². The van der Waals surface area contributed by atoms with E-state index in [1.807, 2.05) is 84.9 Å². The van der Waals surface area contributed by atoms with Gasteiger partial charge in [0.25, 0.3) is 0 Å². The molecule has 7 rings (SSSR count). The summed E-state index contributed by atoms with van der Waals surface area (Å²) in [5.41, 5.74) is 9.31. The van der Waals surface area contributed by atoms with Crippen molar-refractivity contribution < 1.29 is 48.5 Å². The lowest BCUT2D eigenvalue weighted by Crippen LogP contribution is -2.39. The summed E-state index contributed by atoms with van der Waals surface area (Å²) in [6.45, 7) is 0. The van der Waals surface area contributed by atoms with Gasteiger partial charge in [0.15, 0.2) is 0 Å². The number of phosphoric ester groups is 2. The fourth-order valence-corrected chi connectivity index (χ4v) is 5.96. The zero-order valence-corrected chi connectivity index (χ0v) is 33.3. The summed E-state index contributed by atoms with van der Waals surface area (Å²) >= 11 is 11.2. The van der Waals surface area contributed by atoms with Gasteiger partial charge in [0.05, 0.1) is 0 Å². The zero-order valence-electron chi connectivity index (χ0n) is 30.0. The van der Waals surface area contributed by atoms with Crippen molar-refractivity contribution in [3.63, 3.8) is 0 Å². The molecule has 0 aliphatic carbocycles. The molecule has 0 saturated heterocycles. The molecular weight excluding hydrogens is 793 g/mol. The molecule has 56 heavy (non-hydrogen) atoms. The minimum atomic E-state index is -4.39. The van der Waals surface area contributed by atoms with Gasteiger partial charge in [0.1, 0.15) is 34.4 Å². The molecule has 0 aliphatic heterocycles. The number of hydrogen-bond donors (Lipinski definition) is 2. The van der Waals surface area contributed by atoms with Gasteiger partial charge in [-0.2, -0.15) is 0 Å². The molecule has 0 unspecified atom stereocenters. The molecule has 0 aromatic heterocycles. The van der Waals surface area contributed by atoms with Crippen molar-refractivity contribution in [3.05, 3.63) is 216 Å². The van der Waals surface area contributed by atoms with Gasteiger partial charge < -0.3 is 39.3 Å². The standard InChI is InChI=1S/2C12H11O4P.2C6H6ClN.C6H6/c2*13-17(14,15-11-7-3-1-4-8-11)16-12-9-5-2-6-10-12;2*7-5-2-1-3-6(8)4-5;1-2-4-6-5-3-1/h2*1-10H,(H,13,14);2*1-4H,8H2;1-6H. The van der Waals surface area contributed by atoms with Crippen LogP contribution in [0.2, 0.25) is 10.0 Å². The molecule has 6 N–H and O–H groups in total. The predicted octanol–water partition coefficient (Wildman–Crippen LogP) is 9.34. The normalized spacial score (nSPS) is 10.1. The largest absolute Gasteiger partial charge is 0.736 e. The highest BCUT2D eigenvalue weighted by Crippen LogP contribution is 2.41. The first-order chi connectivity index (χ1) is 26.9. The van der Waals surface area contributed by atoms with Crippen molar-refractivity contribution in [2.75, 3.05) is 0 Å². The molecule has 0 atom stereocenters. The van der Waals surface area contributed by atoms with Crippen LogP contribution in [0.3, 0.4) is 0 Å². The van der Waals surface area contributed by atoms with Gasteiger partial charge in [-0.1, -0.05) is 145 Å². The fraction of sp³-hybridized carbons (Fsp3) is 0. The Labute approximate surface area is 336 Å². The van der Waals surface area contributed by atoms with Crippen LogP contribution in [0.25, 0.3) is 0 Å². The number of halogens is 2. The summed E-state index contributed by atoms with van der Waals surface area (Å²) in [5, 5.41) is 1.50. The maximum absolute atomic E-state index is 11.6. The van der Waals surface area contributed by atoms with Gasteiger partial charge in [-0.3, -0.25) is 0 Å².